The zero-order valence-corrected chi connectivity index (χ0v) is 15.5. The quantitative estimate of drug-likeness (QED) is 0.815. The molecule has 0 unspecified atom stereocenters. The SMILES string of the molecule is O=C(Cc1ccc2c(c1)OCO2)N1CCC(c2nccn2CC2CC2)CC1. The average molecular weight is 367 g/mol. The topological polar surface area (TPSA) is 56.6 Å². The highest BCUT2D eigenvalue weighted by Crippen LogP contribution is 2.34. The Morgan fingerprint density at radius 2 is 1.93 bits per heavy atom. The van der Waals surface area contributed by atoms with E-state index in [4.69, 9.17) is 9.47 Å². The van der Waals surface area contributed by atoms with Gasteiger partial charge in [0.25, 0.3) is 0 Å². The van der Waals surface area contributed by atoms with Crippen molar-refractivity contribution in [2.75, 3.05) is 19.9 Å². The summed E-state index contributed by atoms with van der Waals surface area (Å²) in [4.78, 5) is 19.3. The molecule has 27 heavy (non-hydrogen) atoms. The van der Waals surface area contributed by atoms with Gasteiger partial charge in [0.1, 0.15) is 5.82 Å². The van der Waals surface area contributed by atoms with Gasteiger partial charge in [-0.3, -0.25) is 4.79 Å². The van der Waals surface area contributed by atoms with Crippen LogP contribution in [0.2, 0.25) is 0 Å². The number of benzene rings is 1. The van der Waals surface area contributed by atoms with Gasteiger partial charge >= 0.3 is 0 Å². The number of rotatable bonds is 5. The number of hydrogen-bond acceptors (Lipinski definition) is 4. The Kier molecular flexibility index (Phi) is 4.26. The highest BCUT2D eigenvalue weighted by Gasteiger charge is 2.28. The van der Waals surface area contributed by atoms with Crippen molar-refractivity contribution in [3.63, 3.8) is 0 Å². The third-order valence-electron chi connectivity index (χ3n) is 5.90. The van der Waals surface area contributed by atoms with E-state index >= 15 is 0 Å². The van der Waals surface area contributed by atoms with Gasteiger partial charge in [0.15, 0.2) is 11.5 Å². The molecule has 0 atom stereocenters. The summed E-state index contributed by atoms with van der Waals surface area (Å²) >= 11 is 0. The molecular formula is C21H25N3O3. The van der Waals surface area contributed by atoms with E-state index in [0.717, 1.165) is 55.5 Å². The lowest BCUT2D eigenvalue weighted by molar-refractivity contribution is -0.131. The van der Waals surface area contributed by atoms with Crippen LogP contribution in [-0.2, 0) is 17.8 Å². The number of piperidine rings is 1. The third-order valence-corrected chi connectivity index (χ3v) is 5.90. The lowest BCUT2D eigenvalue weighted by Gasteiger charge is -2.32. The minimum Gasteiger partial charge on any atom is -0.454 e. The molecule has 3 aliphatic rings. The Morgan fingerprint density at radius 1 is 1.11 bits per heavy atom. The van der Waals surface area contributed by atoms with E-state index in [-0.39, 0.29) is 12.7 Å². The Hall–Kier alpha value is -2.50. The molecule has 1 aromatic heterocycles. The standard InChI is InChI=1S/C21H25N3O3/c25-20(12-16-3-4-18-19(11-16)27-14-26-18)23-8-5-17(6-9-23)21-22-7-10-24(21)13-15-1-2-15/h3-4,7,10-11,15,17H,1-2,5-6,8-9,12-14H2. The van der Waals surface area contributed by atoms with Gasteiger partial charge in [-0.25, -0.2) is 4.98 Å². The fourth-order valence-electron chi connectivity index (χ4n) is 4.14. The molecule has 6 nitrogen and oxygen atoms in total. The molecule has 2 aromatic rings. The molecule has 3 heterocycles. The molecule has 2 fully saturated rings. The van der Waals surface area contributed by atoms with Gasteiger partial charge < -0.3 is 18.9 Å². The number of hydrogen-bond donors (Lipinski definition) is 0. The largest absolute Gasteiger partial charge is 0.454 e. The van der Waals surface area contributed by atoms with E-state index in [1.54, 1.807) is 0 Å². The monoisotopic (exact) mass is 367 g/mol. The Balaban J connectivity index is 1.18. The first-order chi connectivity index (χ1) is 13.3. The molecule has 0 spiro atoms. The minimum absolute atomic E-state index is 0.189. The maximum atomic E-state index is 12.7. The van der Waals surface area contributed by atoms with Gasteiger partial charge in [0.2, 0.25) is 12.7 Å². The van der Waals surface area contributed by atoms with Crippen molar-refractivity contribution >= 4 is 5.91 Å². The van der Waals surface area contributed by atoms with Gasteiger partial charge in [-0.1, -0.05) is 6.07 Å². The first kappa shape index (κ1) is 16.7. The smallest absolute Gasteiger partial charge is 0.231 e. The van der Waals surface area contributed by atoms with Crippen molar-refractivity contribution in [3.8, 4) is 11.5 Å². The number of fused-ring (bicyclic) bond motifs is 1. The van der Waals surface area contributed by atoms with E-state index in [1.165, 1.54) is 18.7 Å². The van der Waals surface area contributed by atoms with Crippen molar-refractivity contribution in [1.82, 2.24) is 14.5 Å². The van der Waals surface area contributed by atoms with Crippen molar-refractivity contribution in [3.05, 3.63) is 42.0 Å². The second kappa shape index (κ2) is 6.91. The number of amides is 1. The second-order valence-corrected chi connectivity index (χ2v) is 7.90. The van der Waals surface area contributed by atoms with Crippen molar-refractivity contribution in [2.45, 2.75) is 44.6 Å². The van der Waals surface area contributed by atoms with Gasteiger partial charge in [0, 0.05) is 37.9 Å². The molecule has 1 aromatic carbocycles. The number of imidazole rings is 1. The van der Waals surface area contributed by atoms with Crippen LogP contribution in [0.1, 0.15) is 43.0 Å². The molecule has 1 aliphatic carbocycles. The second-order valence-electron chi connectivity index (χ2n) is 7.90. The summed E-state index contributed by atoms with van der Waals surface area (Å²) in [6, 6.07) is 5.76. The molecule has 1 amide bonds. The van der Waals surface area contributed by atoms with E-state index in [9.17, 15) is 4.79 Å². The normalized spacial score (nSPS) is 19.5. The van der Waals surface area contributed by atoms with Crippen LogP contribution < -0.4 is 9.47 Å². The first-order valence-electron chi connectivity index (χ1n) is 9.93. The zero-order chi connectivity index (χ0) is 18.2. The molecule has 5 rings (SSSR count). The predicted molar refractivity (Wildman–Crippen MR) is 99.8 cm³/mol. The molecule has 0 radical (unpaired) electrons. The third kappa shape index (κ3) is 3.53. The maximum Gasteiger partial charge on any atom is 0.231 e. The fraction of sp³-hybridized carbons (Fsp3) is 0.524. The van der Waals surface area contributed by atoms with Crippen molar-refractivity contribution in [2.24, 2.45) is 5.92 Å². The van der Waals surface area contributed by atoms with Crippen LogP contribution in [0.5, 0.6) is 11.5 Å². The average Bonchev–Trinajstić information content (AvgIpc) is 3.18. The van der Waals surface area contributed by atoms with Crippen LogP contribution in [0.3, 0.4) is 0 Å². The van der Waals surface area contributed by atoms with Crippen LogP contribution in [-0.4, -0.2) is 40.2 Å². The van der Waals surface area contributed by atoms with Gasteiger partial charge in [-0.15, -0.1) is 0 Å². The van der Waals surface area contributed by atoms with E-state index in [0.29, 0.717) is 12.3 Å². The highest BCUT2D eigenvalue weighted by atomic mass is 16.7. The Labute approximate surface area is 159 Å². The van der Waals surface area contributed by atoms with Crippen LogP contribution in [0.15, 0.2) is 30.6 Å². The number of likely N-dealkylation sites (tertiary alicyclic amines) is 1. The number of aromatic nitrogens is 2. The fourth-order valence-corrected chi connectivity index (χ4v) is 4.14. The molecule has 6 heteroatoms. The molecule has 2 aliphatic heterocycles. The van der Waals surface area contributed by atoms with Crippen LogP contribution in [0.25, 0.3) is 0 Å². The molecule has 1 saturated heterocycles. The summed E-state index contributed by atoms with van der Waals surface area (Å²) < 4.78 is 13.1. The number of nitrogens with zero attached hydrogens (tertiary/aromatic N) is 3. The molecular weight excluding hydrogens is 342 g/mol. The van der Waals surface area contributed by atoms with Crippen LogP contribution in [0, 0.1) is 5.92 Å². The maximum absolute atomic E-state index is 12.7. The summed E-state index contributed by atoms with van der Waals surface area (Å²) in [6.45, 7) is 2.99. The van der Waals surface area contributed by atoms with Crippen molar-refractivity contribution < 1.29 is 14.3 Å². The van der Waals surface area contributed by atoms with Gasteiger partial charge in [-0.05, 0) is 49.3 Å². The first-order valence-corrected chi connectivity index (χ1v) is 9.93. The molecule has 142 valence electrons. The lowest BCUT2D eigenvalue weighted by Crippen LogP contribution is -2.39. The summed E-state index contributed by atoms with van der Waals surface area (Å²) in [5.41, 5.74) is 0.978. The number of carbonyl (C=O) groups is 1. The Morgan fingerprint density at radius 3 is 2.74 bits per heavy atom. The molecule has 0 bridgehead atoms. The van der Waals surface area contributed by atoms with Crippen LogP contribution in [0.4, 0.5) is 0 Å². The zero-order valence-electron chi connectivity index (χ0n) is 15.5. The lowest BCUT2D eigenvalue weighted by atomic mass is 9.95. The predicted octanol–water partition coefficient (Wildman–Crippen LogP) is 2.97. The van der Waals surface area contributed by atoms with E-state index in [2.05, 4.69) is 15.7 Å². The summed E-state index contributed by atoms with van der Waals surface area (Å²) in [5, 5.41) is 0. The van der Waals surface area contributed by atoms with E-state index in [1.807, 2.05) is 29.3 Å². The highest BCUT2D eigenvalue weighted by molar-refractivity contribution is 5.79. The summed E-state index contributed by atoms with van der Waals surface area (Å²) in [5.74, 6) is 4.21. The summed E-state index contributed by atoms with van der Waals surface area (Å²) in [6.07, 6.45) is 9.15. The number of carbonyl (C=O) groups excluding carboxylic acids is 1. The van der Waals surface area contributed by atoms with Crippen molar-refractivity contribution in [1.29, 1.82) is 0 Å². The van der Waals surface area contributed by atoms with E-state index < -0.39 is 0 Å². The van der Waals surface area contributed by atoms with Gasteiger partial charge in [0.05, 0.1) is 6.42 Å². The van der Waals surface area contributed by atoms with Crippen LogP contribution >= 0.6 is 0 Å². The summed E-state index contributed by atoms with van der Waals surface area (Å²) in [7, 11) is 0. The van der Waals surface area contributed by atoms with Gasteiger partial charge in [-0.2, -0.15) is 0 Å². The molecule has 0 N–H and O–H groups in total. The molecule has 1 saturated carbocycles. The number of ether oxygens (including phenoxy) is 2. The minimum atomic E-state index is 0.189. The Bertz CT molecular complexity index is 835.